The number of nitriles is 1. The van der Waals surface area contributed by atoms with Crippen molar-refractivity contribution in [1.82, 2.24) is 19.6 Å². The van der Waals surface area contributed by atoms with E-state index in [-0.39, 0.29) is 0 Å². The van der Waals surface area contributed by atoms with Crippen molar-refractivity contribution in [2.45, 2.75) is 32.3 Å². The fraction of sp³-hybridized carbons (Fsp3) is 0.208. The first kappa shape index (κ1) is 22.4. The summed E-state index contributed by atoms with van der Waals surface area (Å²) in [5.74, 6) is -1.72. The van der Waals surface area contributed by atoms with Crippen LogP contribution in [0.15, 0.2) is 48.7 Å². The molecule has 166 valence electrons. The number of benzene rings is 1. The zero-order valence-corrected chi connectivity index (χ0v) is 19.0. The number of nitrogens with zero attached hydrogens (tertiary/aromatic N) is 5. The van der Waals surface area contributed by atoms with E-state index >= 15 is 0 Å². The van der Waals surface area contributed by atoms with Gasteiger partial charge in [-0.25, -0.2) is 14.5 Å². The lowest BCUT2D eigenvalue weighted by Crippen LogP contribution is -2.39. The van der Waals surface area contributed by atoms with Crippen LogP contribution in [0.1, 0.15) is 36.7 Å². The summed E-state index contributed by atoms with van der Waals surface area (Å²) in [7, 11) is 0. The molecule has 33 heavy (non-hydrogen) atoms. The van der Waals surface area contributed by atoms with Crippen LogP contribution in [0.4, 0.5) is 0 Å². The second-order valence-electron chi connectivity index (χ2n) is 8.35. The van der Waals surface area contributed by atoms with Crippen LogP contribution in [0, 0.1) is 18.3 Å². The van der Waals surface area contributed by atoms with Gasteiger partial charge in [0.15, 0.2) is 5.65 Å². The van der Waals surface area contributed by atoms with Gasteiger partial charge in [-0.1, -0.05) is 23.7 Å². The van der Waals surface area contributed by atoms with Gasteiger partial charge in [-0.2, -0.15) is 10.4 Å². The lowest BCUT2D eigenvalue weighted by molar-refractivity contribution is -0.124. The molecule has 0 aliphatic rings. The number of aliphatic hydroxyl groups is 1. The highest BCUT2D eigenvalue weighted by Crippen LogP contribution is 2.37. The van der Waals surface area contributed by atoms with Gasteiger partial charge in [-0.3, -0.25) is 4.79 Å². The average Bonchev–Trinajstić information content (AvgIpc) is 3.10. The molecule has 0 spiro atoms. The van der Waals surface area contributed by atoms with E-state index in [2.05, 4.69) is 11.1 Å². The Labute approximate surface area is 195 Å². The molecule has 9 heteroatoms. The summed E-state index contributed by atoms with van der Waals surface area (Å²) in [6.07, 6.45) is 1.66. The number of nitrogens with two attached hydrogens (primary N) is 1. The molecule has 3 N–H and O–H groups in total. The van der Waals surface area contributed by atoms with Gasteiger partial charge in [0.2, 0.25) is 5.91 Å². The number of primary amides is 1. The molecule has 0 saturated heterocycles. The molecule has 1 atom stereocenters. The number of pyridine rings is 1. The summed E-state index contributed by atoms with van der Waals surface area (Å²) in [5, 5.41) is 24.9. The van der Waals surface area contributed by atoms with Gasteiger partial charge in [-0.15, -0.1) is 0 Å². The van der Waals surface area contributed by atoms with Gasteiger partial charge in [0.05, 0.1) is 28.5 Å². The summed E-state index contributed by atoms with van der Waals surface area (Å²) >= 11 is 6.25. The minimum Gasteiger partial charge on any atom is -0.389 e. The Morgan fingerprint density at radius 3 is 2.61 bits per heavy atom. The van der Waals surface area contributed by atoms with Crippen molar-refractivity contribution in [3.05, 3.63) is 70.8 Å². The van der Waals surface area contributed by atoms with Crippen molar-refractivity contribution in [2.24, 2.45) is 5.73 Å². The van der Waals surface area contributed by atoms with E-state index in [4.69, 9.17) is 27.4 Å². The normalized spacial score (nSPS) is 12.5. The SMILES string of the molecule is Cc1cc(-c2c(-c3cccc(C#N)c3)nn3ccc(C(C(N)=O)C(C)(C)O)nc23)cc(Cl)n1. The Hall–Kier alpha value is -3.80. The van der Waals surface area contributed by atoms with Crippen molar-refractivity contribution in [3.8, 4) is 28.5 Å². The number of carbonyl (C=O) groups is 1. The minimum atomic E-state index is -1.42. The average molecular weight is 461 g/mol. The summed E-state index contributed by atoms with van der Waals surface area (Å²) in [6, 6.07) is 14.4. The summed E-state index contributed by atoms with van der Waals surface area (Å²) in [5.41, 5.74) is 8.81. The quantitative estimate of drug-likeness (QED) is 0.437. The van der Waals surface area contributed by atoms with Gasteiger partial charge < -0.3 is 10.8 Å². The molecule has 0 aliphatic carbocycles. The number of halogens is 1. The molecule has 0 aliphatic heterocycles. The van der Waals surface area contributed by atoms with Crippen LogP contribution in [0.3, 0.4) is 0 Å². The third-order valence-corrected chi connectivity index (χ3v) is 5.46. The fourth-order valence-electron chi connectivity index (χ4n) is 3.94. The van der Waals surface area contributed by atoms with Gasteiger partial charge >= 0.3 is 0 Å². The van der Waals surface area contributed by atoms with E-state index in [1.54, 1.807) is 41.0 Å². The monoisotopic (exact) mass is 460 g/mol. The number of fused-ring (bicyclic) bond motifs is 1. The molecule has 4 aromatic rings. The number of aryl methyl sites for hydroxylation is 1. The zero-order chi connectivity index (χ0) is 23.9. The predicted molar refractivity (Wildman–Crippen MR) is 124 cm³/mol. The maximum absolute atomic E-state index is 12.2. The highest BCUT2D eigenvalue weighted by molar-refractivity contribution is 6.29. The first-order valence-electron chi connectivity index (χ1n) is 10.1. The van der Waals surface area contributed by atoms with Gasteiger partial charge in [0.25, 0.3) is 0 Å². The number of hydrogen-bond acceptors (Lipinski definition) is 6. The summed E-state index contributed by atoms with van der Waals surface area (Å²) in [4.78, 5) is 21.1. The highest BCUT2D eigenvalue weighted by atomic mass is 35.5. The zero-order valence-electron chi connectivity index (χ0n) is 18.2. The first-order valence-corrected chi connectivity index (χ1v) is 10.5. The summed E-state index contributed by atoms with van der Waals surface area (Å²) < 4.78 is 1.58. The van der Waals surface area contributed by atoms with Crippen LogP contribution in [-0.4, -0.2) is 36.2 Å². The maximum Gasteiger partial charge on any atom is 0.229 e. The minimum absolute atomic E-state index is 0.309. The Balaban J connectivity index is 2.06. The molecule has 1 aromatic carbocycles. The van der Waals surface area contributed by atoms with E-state index in [0.29, 0.717) is 39.0 Å². The molecule has 0 radical (unpaired) electrons. The smallest absolute Gasteiger partial charge is 0.229 e. The molecule has 0 fully saturated rings. The van der Waals surface area contributed by atoms with Crippen LogP contribution >= 0.6 is 11.6 Å². The van der Waals surface area contributed by atoms with E-state index in [9.17, 15) is 15.2 Å². The van der Waals surface area contributed by atoms with Crippen LogP contribution in [0.5, 0.6) is 0 Å². The van der Waals surface area contributed by atoms with Crippen molar-refractivity contribution in [1.29, 1.82) is 5.26 Å². The fourth-order valence-corrected chi connectivity index (χ4v) is 4.19. The van der Waals surface area contributed by atoms with Crippen molar-refractivity contribution in [3.63, 3.8) is 0 Å². The molecule has 0 saturated carbocycles. The van der Waals surface area contributed by atoms with Gasteiger partial charge in [0.1, 0.15) is 16.8 Å². The number of hydrogen-bond donors (Lipinski definition) is 2. The lowest BCUT2D eigenvalue weighted by atomic mass is 9.87. The van der Waals surface area contributed by atoms with Crippen molar-refractivity contribution >= 4 is 23.2 Å². The molecule has 1 amide bonds. The van der Waals surface area contributed by atoms with Gasteiger partial charge in [-0.05, 0) is 56.7 Å². The number of aromatic nitrogens is 4. The Bertz CT molecular complexity index is 1410. The third-order valence-electron chi connectivity index (χ3n) is 5.27. The lowest BCUT2D eigenvalue weighted by Gasteiger charge is -2.26. The van der Waals surface area contributed by atoms with Crippen LogP contribution in [0.2, 0.25) is 5.15 Å². The molecule has 3 heterocycles. The Kier molecular flexibility index (Phi) is 5.62. The molecule has 8 nitrogen and oxygen atoms in total. The van der Waals surface area contributed by atoms with Crippen molar-refractivity contribution in [2.75, 3.05) is 0 Å². The van der Waals surface area contributed by atoms with Gasteiger partial charge in [0, 0.05) is 17.5 Å². The van der Waals surface area contributed by atoms with Crippen LogP contribution in [0.25, 0.3) is 28.0 Å². The largest absolute Gasteiger partial charge is 0.389 e. The van der Waals surface area contributed by atoms with Crippen molar-refractivity contribution < 1.29 is 9.90 Å². The second kappa shape index (κ2) is 8.28. The Morgan fingerprint density at radius 2 is 1.97 bits per heavy atom. The van der Waals surface area contributed by atoms with E-state index in [0.717, 1.165) is 11.1 Å². The van der Waals surface area contributed by atoms with Crippen LogP contribution in [-0.2, 0) is 4.79 Å². The standard InChI is InChI=1S/C24H21ClN6O2/c1-13-9-16(11-18(25)28-13)19-21(15-6-4-5-14(10-15)12-26)30-31-8-7-17(29-23(19)31)20(22(27)32)24(2,3)33/h4-11,20,33H,1-3H3,(H2,27,32). The number of amides is 1. The third kappa shape index (κ3) is 4.29. The van der Waals surface area contributed by atoms with Crippen LogP contribution < -0.4 is 5.73 Å². The first-order chi connectivity index (χ1) is 15.6. The molecular formula is C24H21ClN6O2. The Morgan fingerprint density at radius 1 is 1.21 bits per heavy atom. The van der Waals surface area contributed by atoms with E-state index in [1.165, 1.54) is 13.8 Å². The molecule has 4 rings (SSSR count). The molecule has 3 aromatic heterocycles. The van der Waals surface area contributed by atoms with E-state index in [1.807, 2.05) is 19.1 Å². The number of rotatable bonds is 5. The highest BCUT2D eigenvalue weighted by Gasteiger charge is 2.35. The molecular weight excluding hydrogens is 440 g/mol. The topological polar surface area (TPSA) is 130 Å². The van der Waals surface area contributed by atoms with E-state index < -0.39 is 17.4 Å². The maximum atomic E-state index is 12.2. The number of carbonyl (C=O) groups excluding carboxylic acids is 1. The predicted octanol–water partition coefficient (Wildman–Crippen LogP) is 3.63. The summed E-state index contributed by atoms with van der Waals surface area (Å²) in [6.45, 7) is 4.85. The molecule has 1 unspecified atom stereocenters. The molecule has 0 bridgehead atoms. The second-order valence-corrected chi connectivity index (χ2v) is 8.73.